The second-order valence-electron chi connectivity index (χ2n) is 3.93. The highest BCUT2D eigenvalue weighted by Gasteiger charge is 2.29. The summed E-state index contributed by atoms with van der Waals surface area (Å²) in [5.41, 5.74) is 0. The van der Waals surface area contributed by atoms with Crippen LogP contribution in [0.25, 0.3) is 0 Å². The summed E-state index contributed by atoms with van der Waals surface area (Å²) < 4.78 is 12.7. The molecule has 0 saturated heterocycles. The van der Waals surface area contributed by atoms with Crippen molar-refractivity contribution in [2.45, 2.75) is 17.9 Å². The molecule has 0 radical (unpaired) electrons. The molecule has 92 valence electrons. The van der Waals surface area contributed by atoms with Gasteiger partial charge in [-0.1, -0.05) is 0 Å². The van der Waals surface area contributed by atoms with Gasteiger partial charge >= 0.3 is 0 Å². The number of hydrogen-bond donors (Lipinski definition) is 1. The smallest absolute Gasteiger partial charge is 0.223 e. The molecule has 0 bridgehead atoms. The van der Waals surface area contributed by atoms with E-state index in [1.54, 1.807) is 12.3 Å². The second kappa shape index (κ2) is 5.73. The first-order valence-corrected chi connectivity index (χ1v) is 7.55. The molecule has 1 heterocycles. The Labute approximate surface area is 111 Å². The average Bonchev–Trinajstić information content (AvgIpc) is 3.13. The van der Waals surface area contributed by atoms with Crippen molar-refractivity contribution >= 4 is 32.6 Å². The van der Waals surface area contributed by atoms with E-state index in [0.29, 0.717) is 17.3 Å². The fraction of sp³-hybridized carbons (Fsp3) is 0.455. The summed E-state index contributed by atoms with van der Waals surface area (Å²) in [7, 11) is -1.15. The molecular weight excluding hydrogens is 304 g/mol. The van der Waals surface area contributed by atoms with Crippen molar-refractivity contribution < 1.29 is 9.00 Å². The minimum Gasteiger partial charge on any atom is -0.355 e. The Morgan fingerprint density at radius 3 is 2.88 bits per heavy atom. The lowest BCUT2D eigenvalue weighted by Gasteiger charge is -2.04. The lowest BCUT2D eigenvalue weighted by atomic mass is 10.4. The Hall–Kier alpha value is -0.750. The standard InChI is InChI=1S/C11H13BrN2O2S/c12-9-3-4-10(14-7-9)17(16)6-5-13-11(15)8-1-2-8/h3-4,7-8H,1-2,5-6H2,(H,13,15). The summed E-state index contributed by atoms with van der Waals surface area (Å²) in [5, 5.41) is 3.34. The largest absolute Gasteiger partial charge is 0.355 e. The van der Waals surface area contributed by atoms with Gasteiger partial charge in [-0.15, -0.1) is 0 Å². The normalized spacial score (nSPS) is 16.5. The molecule has 1 unspecified atom stereocenters. The van der Waals surface area contributed by atoms with Crippen LogP contribution in [0.5, 0.6) is 0 Å². The van der Waals surface area contributed by atoms with Crippen LogP contribution in [0, 0.1) is 5.92 Å². The van der Waals surface area contributed by atoms with Gasteiger partial charge in [0.2, 0.25) is 5.91 Å². The number of amides is 1. The molecular formula is C11H13BrN2O2S. The third kappa shape index (κ3) is 3.89. The first kappa shape index (κ1) is 12.7. The van der Waals surface area contributed by atoms with E-state index in [1.165, 1.54) is 0 Å². The summed E-state index contributed by atoms with van der Waals surface area (Å²) in [6.07, 6.45) is 3.60. The Balaban J connectivity index is 1.76. The molecule has 1 aromatic rings. The molecule has 2 rings (SSSR count). The quantitative estimate of drug-likeness (QED) is 0.895. The van der Waals surface area contributed by atoms with Gasteiger partial charge < -0.3 is 5.32 Å². The number of nitrogens with one attached hydrogen (secondary N) is 1. The summed E-state index contributed by atoms with van der Waals surface area (Å²) >= 11 is 3.27. The number of nitrogens with zero attached hydrogens (tertiary/aromatic N) is 1. The molecule has 0 aliphatic heterocycles. The molecule has 1 amide bonds. The van der Waals surface area contributed by atoms with Gasteiger partial charge in [-0.2, -0.15) is 0 Å². The zero-order valence-corrected chi connectivity index (χ0v) is 11.6. The van der Waals surface area contributed by atoms with Crippen LogP contribution in [-0.2, 0) is 15.6 Å². The minimum absolute atomic E-state index is 0.0887. The number of aromatic nitrogens is 1. The molecule has 0 aromatic carbocycles. The van der Waals surface area contributed by atoms with Crippen LogP contribution in [0.2, 0.25) is 0 Å². The maximum absolute atomic E-state index is 11.8. The van der Waals surface area contributed by atoms with E-state index in [1.807, 2.05) is 6.07 Å². The molecule has 6 heteroatoms. The van der Waals surface area contributed by atoms with Gasteiger partial charge in [0.15, 0.2) is 0 Å². The van der Waals surface area contributed by atoms with E-state index in [4.69, 9.17) is 0 Å². The van der Waals surface area contributed by atoms with Gasteiger partial charge in [0.05, 0.1) is 10.8 Å². The van der Waals surface area contributed by atoms with Crippen LogP contribution in [0.3, 0.4) is 0 Å². The zero-order chi connectivity index (χ0) is 12.3. The number of carbonyl (C=O) groups excluding carboxylic acids is 1. The molecule has 1 fully saturated rings. The molecule has 0 spiro atoms. The zero-order valence-electron chi connectivity index (χ0n) is 9.19. The lowest BCUT2D eigenvalue weighted by Crippen LogP contribution is -2.28. The highest BCUT2D eigenvalue weighted by Crippen LogP contribution is 2.28. The fourth-order valence-electron chi connectivity index (χ4n) is 1.36. The SMILES string of the molecule is O=C(NCCS(=O)c1ccc(Br)cn1)C1CC1. The van der Waals surface area contributed by atoms with Crippen LogP contribution in [0.1, 0.15) is 12.8 Å². The van der Waals surface area contributed by atoms with Crippen LogP contribution in [0.15, 0.2) is 27.8 Å². The van der Waals surface area contributed by atoms with Crippen molar-refractivity contribution in [1.29, 1.82) is 0 Å². The van der Waals surface area contributed by atoms with Gasteiger partial charge in [0.1, 0.15) is 5.03 Å². The van der Waals surface area contributed by atoms with Gasteiger partial charge in [-0.05, 0) is 40.9 Å². The Bertz CT molecular complexity index is 432. The van der Waals surface area contributed by atoms with E-state index < -0.39 is 10.8 Å². The number of hydrogen-bond acceptors (Lipinski definition) is 3. The van der Waals surface area contributed by atoms with Gasteiger partial charge in [0.25, 0.3) is 0 Å². The van der Waals surface area contributed by atoms with Gasteiger partial charge in [0, 0.05) is 28.9 Å². The van der Waals surface area contributed by atoms with Crippen molar-refractivity contribution in [3.63, 3.8) is 0 Å². The van der Waals surface area contributed by atoms with E-state index in [9.17, 15) is 9.00 Å². The van der Waals surface area contributed by atoms with Crippen molar-refractivity contribution in [2.24, 2.45) is 5.92 Å². The summed E-state index contributed by atoms with van der Waals surface area (Å²) in [6, 6.07) is 3.53. The third-order valence-corrected chi connectivity index (χ3v) is 4.22. The predicted molar refractivity (Wildman–Crippen MR) is 68.9 cm³/mol. The number of halogens is 1. The Morgan fingerprint density at radius 1 is 1.53 bits per heavy atom. The number of rotatable bonds is 5. The van der Waals surface area contributed by atoms with Crippen molar-refractivity contribution in [2.75, 3.05) is 12.3 Å². The predicted octanol–water partition coefficient (Wildman–Crippen LogP) is 1.48. The first-order valence-electron chi connectivity index (χ1n) is 5.44. The van der Waals surface area contributed by atoms with E-state index in [2.05, 4.69) is 26.2 Å². The minimum atomic E-state index is -1.15. The van der Waals surface area contributed by atoms with E-state index >= 15 is 0 Å². The molecule has 1 aliphatic rings. The Morgan fingerprint density at radius 2 is 2.29 bits per heavy atom. The molecule has 1 saturated carbocycles. The monoisotopic (exact) mass is 316 g/mol. The fourth-order valence-corrected chi connectivity index (χ4v) is 2.48. The molecule has 1 aromatic heterocycles. The van der Waals surface area contributed by atoms with Crippen molar-refractivity contribution in [1.82, 2.24) is 10.3 Å². The summed E-state index contributed by atoms with van der Waals surface area (Å²) in [4.78, 5) is 15.4. The lowest BCUT2D eigenvalue weighted by molar-refractivity contribution is -0.122. The topological polar surface area (TPSA) is 59.1 Å². The Kier molecular flexibility index (Phi) is 4.28. The number of carbonyl (C=O) groups is 1. The maximum Gasteiger partial charge on any atom is 0.223 e. The average molecular weight is 317 g/mol. The van der Waals surface area contributed by atoms with Crippen molar-refractivity contribution in [3.8, 4) is 0 Å². The molecule has 1 atom stereocenters. The number of pyridine rings is 1. The molecule has 4 nitrogen and oxygen atoms in total. The molecule has 17 heavy (non-hydrogen) atoms. The maximum atomic E-state index is 11.8. The highest BCUT2D eigenvalue weighted by atomic mass is 79.9. The summed E-state index contributed by atoms with van der Waals surface area (Å²) in [6.45, 7) is 0.444. The van der Waals surface area contributed by atoms with Crippen LogP contribution in [-0.4, -0.2) is 27.4 Å². The van der Waals surface area contributed by atoms with Crippen LogP contribution < -0.4 is 5.32 Å². The highest BCUT2D eigenvalue weighted by molar-refractivity contribution is 9.10. The van der Waals surface area contributed by atoms with Crippen LogP contribution >= 0.6 is 15.9 Å². The third-order valence-electron chi connectivity index (χ3n) is 2.47. The van der Waals surface area contributed by atoms with Gasteiger partial charge in [-0.3, -0.25) is 9.00 Å². The second-order valence-corrected chi connectivity index (χ2v) is 6.36. The molecule has 1 aliphatic carbocycles. The van der Waals surface area contributed by atoms with Crippen LogP contribution in [0.4, 0.5) is 0 Å². The van der Waals surface area contributed by atoms with Crippen molar-refractivity contribution in [3.05, 3.63) is 22.8 Å². The van der Waals surface area contributed by atoms with E-state index in [-0.39, 0.29) is 11.8 Å². The van der Waals surface area contributed by atoms with Gasteiger partial charge in [-0.25, -0.2) is 4.98 Å². The first-order chi connectivity index (χ1) is 8.16. The summed E-state index contributed by atoms with van der Waals surface area (Å²) in [5.74, 6) is 0.701. The van der Waals surface area contributed by atoms with E-state index in [0.717, 1.165) is 17.3 Å². The molecule has 1 N–H and O–H groups in total.